The predicted molar refractivity (Wildman–Crippen MR) is 95.6 cm³/mol. The fourth-order valence-corrected chi connectivity index (χ4v) is 3.78. The lowest BCUT2D eigenvalue weighted by molar-refractivity contribution is 0.0730. The van der Waals surface area contributed by atoms with Gasteiger partial charge in [-0.3, -0.25) is 4.99 Å². The van der Waals surface area contributed by atoms with Crippen LogP contribution < -0.4 is 10.6 Å². The third-order valence-electron chi connectivity index (χ3n) is 3.95. The summed E-state index contributed by atoms with van der Waals surface area (Å²) in [6.45, 7) is 4.81. The lowest BCUT2D eigenvalue weighted by atomic mass is 10.1. The average Bonchev–Trinajstić information content (AvgIpc) is 2.60. The van der Waals surface area contributed by atoms with Gasteiger partial charge in [-0.15, -0.1) is 0 Å². The van der Waals surface area contributed by atoms with Gasteiger partial charge in [-0.2, -0.15) is 4.31 Å². The molecule has 2 N–H and O–H groups in total. The van der Waals surface area contributed by atoms with E-state index in [4.69, 9.17) is 4.74 Å². The Hall–Kier alpha value is -1.64. The predicted octanol–water partition coefficient (Wildman–Crippen LogP) is 0.322. The van der Waals surface area contributed by atoms with Crippen molar-refractivity contribution in [2.24, 2.45) is 4.99 Å². The molecule has 0 unspecified atom stereocenters. The fraction of sp³-hybridized carbons (Fsp3) is 0.562. The molecule has 0 radical (unpaired) electrons. The number of nitrogens with zero attached hydrogens (tertiary/aromatic N) is 2. The van der Waals surface area contributed by atoms with Gasteiger partial charge in [0.25, 0.3) is 0 Å². The van der Waals surface area contributed by atoms with Gasteiger partial charge < -0.3 is 15.4 Å². The molecule has 0 aliphatic carbocycles. The Morgan fingerprint density at radius 1 is 1.25 bits per heavy atom. The largest absolute Gasteiger partial charge is 0.379 e. The highest BCUT2D eigenvalue weighted by Crippen LogP contribution is 2.06. The average molecular weight is 354 g/mol. The summed E-state index contributed by atoms with van der Waals surface area (Å²) in [6, 6.07) is 8.11. The van der Waals surface area contributed by atoms with Crippen LogP contribution in [0.15, 0.2) is 29.3 Å². The number of benzene rings is 1. The SMILES string of the molecule is CN=C(NCCS(=O)(=O)N1CCOCC1)NCc1ccccc1C. The van der Waals surface area contributed by atoms with E-state index in [0.29, 0.717) is 45.4 Å². The number of hydrogen-bond acceptors (Lipinski definition) is 4. The quantitative estimate of drug-likeness (QED) is 0.568. The molecule has 134 valence electrons. The Morgan fingerprint density at radius 2 is 1.96 bits per heavy atom. The van der Waals surface area contributed by atoms with Crippen molar-refractivity contribution in [3.8, 4) is 0 Å². The summed E-state index contributed by atoms with van der Waals surface area (Å²) in [5.74, 6) is 0.633. The molecule has 1 aromatic carbocycles. The molecule has 7 nitrogen and oxygen atoms in total. The molecular formula is C16H26N4O3S. The van der Waals surface area contributed by atoms with Crippen molar-refractivity contribution in [3.05, 3.63) is 35.4 Å². The Kier molecular flexibility index (Phi) is 7.01. The van der Waals surface area contributed by atoms with Crippen LogP contribution in [0.2, 0.25) is 0 Å². The van der Waals surface area contributed by atoms with Crippen LogP contribution in [-0.2, 0) is 21.3 Å². The van der Waals surface area contributed by atoms with Crippen molar-refractivity contribution < 1.29 is 13.2 Å². The second-order valence-corrected chi connectivity index (χ2v) is 7.69. The van der Waals surface area contributed by atoms with Gasteiger partial charge in [0.15, 0.2) is 5.96 Å². The van der Waals surface area contributed by atoms with Crippen LogP contribution in [0.4, 0.5) is 0 Å². The summed E-state index contributed by atoms with van der Waals surface area (Å²) < 4.78 is 31.2. The lowest BCUT2D eigenvalue weighted by Gasteiger charge is -2.26. The molecule has 1 heterocycles. The highest BCUT2D eigenvalue weighted by molar-refractivity contribution is 7.89. The summed E-state index contributed by atoms with van der Waals surface area (Å²) in [5, 5.41) is 6.26. The topological polar surface area (TPSA) is 83.0 Å². The normalized spacial score (nSPS) is 16.8. The number of aliphatic imine (C=N–C) groups is 1. The van der Waals surface area contributed by atoms with E-state index in [2.05, 4.69) is 34.7 Å². The zero-order valence-corrected chi connectivity index (χ0v) is 15.1. The summed E-state index contributed by atoms with van der Waals surface area (Å²) in [7, 11) is -1.58. The first-order valence-corrected chi connectivity index (χ1v) is 9.68. The number of aryl methyl sites for hydroxylation is 1. The van der Waals surface area contributed by atoms with Crippen molar-refractivity contribution in [2.45, 2.75) is 13.5 Å². The first-order valence-electron chi connectivity index (χ1n) is 8.07. The molecule has 0 amide bonds. The highest BCUT2D eigenvalue weighted by atomic mass is 32.2. The van der Waals surface area contributed by atoms with E-state index in [-0.39, 0.29) is 5.75 Å². The van der Waals surface area contributed by atoms with E-state index in [0.717, 1.165) is 0 Å². The van der Waals surface area contributed by atoms with Gasteiger partial charge >= 0.3 is 0 Å². The van der Waals surface area contributed by atoms with Gasteiger partial charge in [-0.1, -0.05) is 24.3 Å². The maximum absolute atomic E-state index is 12.2. The standard InChI is InChI=1S/C16H26N4O3S/c1-14-5-3-4-6-15(14)13-19-16(17-2)18-7-12-24(21,22)20-8-10-23-11-9-20/h3-6H,7-13H2,1-2H3,(H2,17,18,19). The fourth-order valence-electron chi connectivity index (χ4n) is 2.46. The molecule has 0 saturated carbocycles. The van der Waals surface area contributed by atoms with Gasteiger partial charge in [0, 0.05) is 33.2 Å². The Balaban J connectivity index is 1.78. The molecule has 0 spiro atoms. The zero-order valence-electron chi connectivity index (χ0n) is 14.3. The molecule has 2 rings (SSSR count). The Morgan fingerprint density at radius 3 is 2.62 bits per heavy atom. The number of rotatable bonds is 6. The third kappa shape index (κ3) is 5.47. The number of guanidine groups is 1. The Bertz CT molecular complexity index is 655. The lowest BCUT2D eigenvalue weighted by Crippen LogP contribution is -2.45. The molecule has 24 heavy (non-hydrogen) atoms. The highest BCUT2D eigenvalue weighted by Gasteiger charge is 2.23. The van der Waals surface area contributed by atoms with Crippen LogP contribution in [0.5, 0.6) is 0 Å². The van der Waals surface area contributed by atoms with Crippen LogP contribution in [0.1, 0.15) is 11.1 Å². The van der Waals surface area contributed by atoms with Gasteiger partial charge in [0.1, 0.15) is 0 Å². The third-order valence-corrected chi connectivity index (χ3v) is 5.82. The molecule has 1 aromatic rings. The van der Waals surface area contributed by atoms with Crippen LogP contribution in [-0.4, -0.2) is 64.3 Å². The minimum absolute atomic E-state index is 0.0397. The molecule has 1 aliphatic heterocycles. The minimum atomic E-state index is -3.25. The van der Waals surface area contributed by atoms with Crippen LogP contribution >= 0.6 is 0 Å². The summed E-state index contributed by atoms with van der Waals surface area (Å²) >= 11 is 0. The second kappa shape index (κ2) is 9.00. The number of nitrogens with one attached hydrogen (secondary N) is 2. The van der Waals surface area contributed by atoms with Crippen molar-refractivity contribution in [2.75, 3.05) is 45.6 Å². The van der Waals surface area contributed by atoms with Crippen molar-refractivity contribution in [1.82, 2.24) is 14.9 Å². The van der Waals surface area contributed by atoms with Crippen LogP contribution in [0.25, 0.3) is 0 Å². The maximum atomic E-state index is 12.2. The molecule has 0 bridgehead atoms. The van der Waals surface area contributed by atoms with Crippen LogP contribution in [0.3, 0.4) is 0 Å². The van der Waals surface area contributed by atoms with Crippen LogP contribution in [0, 0.1) is 6.92 Å². The van der Waals surface area contributed by atoms with E-state index >= 15 is 0 Å². The van der Waals surface area contributed by atoms with E-state index in [9.17, 15) is 8.42 Å². The molecule has 0 atom stereocenters. The van der Waals surface area contributed by atoms with Gasteiger partial charge in [-0.25, -0.2) is 8.42 Å². The van der Waals surface area contributed by atoms with Crippen molar-refractivity contribution in [1.29, 1.82) is 0 Å². The minimum Gasteiger partial charge on any atom is -0.379 e. The van der Waals surface area contributed by atoms with E-state index in [1.807, 2.05) is 12.1 Å². The number of sulfonamides is 1. The zero-order chi connectivity index (χ0) is 17.4. The summed E-state index contributed by atoms with van der Waals surface area (Å²) in [6.07, 6.45) is 0. The first kappa shape index (κ1) is 18.7. The molecule has 0 aromatic heterocycles. The second-order valence-electron chi connectivity index (χ2n) is 5.61. The number of ether oxygens (including phenoxy) is 1. The Labute approximate surface area is 144 Å². The molecular weight excluding hydrogens is 328 g/mol. The van der Waals surface area contributed by atoms with Gasteiger partial charge in [0.2, 0.25) is 10.0 Å². The maximum Gasteiger partial charge on any atom is 0.215 e. The van der Waals surface area contributed by atoms with E-state index in [1.165, 1.54) is 15.4 Å². The van der Waals surface area contributed by atoms with E-state index < -0.39 is 10.0 Å². The smallest absolute Gasteiger partial charge is 0.215 e. The van der Waals surface area contributed by atoms with Gasteiger partial charge in [-0.05, 0) is 18.1 Å². The van der Waals surface area contributed by atoms with Gasteiger partial charge in [0.05, 0.1) is 19.0 Å². The summed E-state index contributed by atoms with van der Waals surface area (Å²) in [4.78, 5) is 4.13. The summed E-state index contributed by atoms with van der Waals surface area (Å²) in [5.41, 5.74) is 2.39. The van der Waals surface area contributed by atoms with E-state index in [1.54, 1.807) is 7.05 Å². The number of hydrogen-bond donors (Lipinski definition) is 2. The van der Waals surface area contributed by atoms with Crippen molar-refractivity contribution in [3.63, 3.8) is 0 Å². The molecule has 1 fully saturated rings. The monoisotopic (exact) mass is 354 g/mol. The molecule has 1 saturated heterocycles. The number of morpholine rings is 1. The molecule has 1 aliphatic rings. The van der Waals surface area contributed by atoms with Crippen molar-refractivity contribution >= 4 is 16.0 Å². The molecule has 8 heteroatoms. The first-order chi connectivity index (χ1) is 11.5.